The molecule has 1 amide bonds. The number of nitrogens with zero attached hydrogens (tertiary/aromatic N) is 1. The van der Waals surface area contributed by atoms with E-state index in [1.807, 2.05) is 74.5 Å². The van der Waals surface area contributed by atoms with Crippen molar-refractivity contribution in [3.63, 3.8) is 0 Å². The van der Waals surface area contributed by atoms with E-state index >= 15 is 0 Å². The van der Waals surface area contributed by atoms with Gasteiger partial charge in [0.15, 0.2) is 11.5 Å². The third-order valence-corrected chi connectivity index (χ3v) is 5.20. The molecule has 0 fully saturated rings. The number of carbonyl (C=O) groups excluding carboxylic acids is 1. The predicted molar refractivity (Wildman–Crippen MR) is 121 cm³/mol. The monoisotopic (exact) mass is 419 g/mol. The van der Waals surface area contributed by atoms with Gasteiger partial charge in [0.1, 0.15) is 0 Å². The Kier molecular flexibility index (Phi) is 7.62. The summed E-state index contributed by atoms with van der Waals surface area (Å²) < 4.78 is 10.8. The van der Waals surface area contributed by atoms with Crippen LogP contribution in [0.2, 0.25) is 0 Å². The molecular weight excluding hydrogens is 390 g/mol. The maximum absolute atomic E-state index is 12.7. The molecule has 6 heteroatoms. The normalized spacial score (nSPS) is 12.6. The molecule has 162 valence electrons. The van der Waals surface area contributed by atoms with Crippen molar-refractivity contribution in [2.75, 3.05) is 20.8 Å². The van der Waals surface area contributed by atoms with E-state index < -0.39 is 0 Å². The number of hydrogen-bond acceptors (Lipinski definition) is 5. The van der Waals surface area contributed by atoms with Crippen LogP contribution in [-0.2, 0) is 4.79 Å². The molecule has 3 rings (SSSR count). The van der Waals surface area contributed by atoms with Gasteiger partial charge in [0.05, 0.1) is 38.5 Å². The lowest BCUT2D eigenvalue weighted by atomic mass is 10.0. The minimum Gasteiger partial charge on any atom is -0.493 e. The van der Waals surface area contributed by atoms with Crippen molar-refractivity contribution >= 4 is 5.91 Å². The molecule has 1 aromatic heterocycles. The Bertz CT molecular complexity index is 954. The Morgan fingerprint density at radius 3 is 2.32 bits per heavy atom. The van der Waals surface area contributed by atoms with Crippen molar-refractivity contribution in [2.24, 2.45) is 0 Å². The van der Waals surface area contributed by atoms with Gasteiger partial charge in [0.25, 0.3) is 0 Å². The number of aryl methyl sites for hydroxylation is 1. The van der Waals surface area contributed by atoms with E-state index in [1.54, 1.807) is 20.4 Å². The molecule has 6 nitrogen and oxygen atoms in total. The quantitative estimate of drug-likeness (QED) is 0.549. The number of ether oxygens (including phenoxy) is 2. The van der Waals surface area contributed by atoms with Crippen molar-refractivity contribution in [3.8, 4) is 11.5 Å². The first kappa shape index (κ1) is 22.3. The summed E-state index contributed by atoms with van der Waals surface area (Å²) >= 11 is 0. The molecule has 1 heterocycles. The molecule has 0 aliphatic carbocycles. The van der Waals surface area contributed by atoms with Crippen LogP contribution in [0.1, 0.15) is 41.4 Å². The fraction of sp³-hybridized carbons (Fsp3) is 0.280. The minimum atomic E-state index is -0.181. The van der Waals surface area contributed by atoms with Gasteiger partial charge in [-0.05, 0) is 54.8 Å². The molecule has 2 N–H and O–H groups in total. The van der Waals surface area contributed by atoms with Crippen LogP contribution in [0.5, 0.6) is 11.5 Å². The number of benzene rings is 2. The molecule has 2 atom stereocenters. The van der Waals surface area contributed by atoms with Crippen LogP contribution in [0, 0.1) is 6.92 Å². The van der Waals surface area contributed by atoms with E-state index in [0.29, 0.717) is 11.5 Å². The van der Waals surface area contributed by atoms with Gasteiger partial charge in [-0.1, -0.05) is 36.4 Å². The fourth-order valence-electron chi connectivity index (χ4n) is 3.61. The second-order valence-corrected chi connectivity index (χ2v) is 7.33. The highest BCUT2D eigenvalue weighted by atomic mass is 16.5. The maximum atomic E-state index is 12.7. The summed E-state index contributed by atoms with van der Waals surface area (Å²) in [4.78, 5) is 17.2. The Balaban J connectivity index is 1.69. The minimum absolute atomic E-state index is 0.0986. The van der Waals surface area contributed by atoms with E-state index in [9.17, 15) is 4.79 Å². The first-order valence-electron chi connectivity index (χ1n) is 10.2. The molecule has 3 aromatic rings. The summed E-state index contributed by atoms with van der Waals surface area (Å²) in [5, 5.41) is 6.41. The Labute approximate surface area is 183 Å². The zero-order chi connectivity index (χ0) is 22.2. The lowest BCUT2D eigenvalue weighted by Crippen LogP contribution is -2.37. The molecule has 2 aromatic carbocycles. The summed E-state index contributed by atoms with van der Waals surface area (Å²) in [6, 6.07) is 19.2. The number of aromatic nitrogens is 1. The average Bonchev–Trinajstić information content (AvgIpc) is 2.80. The molecule has 0 saturated heterocycles. The van der Waals surface area contributed by atoms with Crippen molar-refractivity contribution in [3.05, 3.63) is 89.2 Å². The standard InChI is InChI=1S/C25H29N3O3/c1-17-14-22(30-3)23(31-4)15-20(17)18(2)28-24(29)16-27-25(19-10-6-5-7-11-19)21-12-8-9-13-26-21/h5-15,18,25,27H,16H2,1-4H3,(H,28,29). The Hall–Kier alpha value is -3.38. The molecule has 0 aliphatic heterocycles. The highest BCUT2D eigenvalue weighted by Crippen LogP contribution is 2.32. The highest BCUT2D eigenvalue weighted by molar-refractivity contribution is 5.78. The van der Waals surface area contributed by atoms with Gasteiger partial charge in [0, 0.05) is 6.20 Å². The summed E-state index contributed by atoms with van der Waals surface area (Å²) in [6.07, 6.45) is 1.76. The van der Waals surface area contributed by atoms with Crippen LogP contribution < -0.4 is 20.1 Å². The van der Waals surface area contributed by atoms with E-state index in [4.69, 9.17) is 9.47 Å². The van der Waals surface area contributed by atoms with E-state index in [-0.39, 0.29) is 24.5 Å². The zero-order valence-corrected chi connectivity index (χ0v) is 18.4. The van der Waals surface area contributed by atoms with Gasteiger partial charge in [-0.15, -0.1) is 0 Å². The molecule has 0 saturated carbocycles. The number of rotatable bonds is 9. The summed E-state index contributed by atoms with van der Waals surface area (Å²) in [5.41, 5.74) is 3.92. The van der Waals surface area contributed by atoms with Crippen LogP contribution in [0.25, 0.3) is 0 Å². The molecule has 0 spiro atoms. The zero-order valence-electron chi connectivity index (χ0n) is 18.4. The lowest BCUT2D eigenvalue weighted by molar-refractivity contribution is -0.121. The SMILES string of the molecule is COc1cc(C)c(C(C)NC(=O)CNC(c2ccccc2)c2ccccn2)cc1OC. The van der Waals surface area contributed by atoms with Crippen molar-refractivity contribution in [2.45, 2.75) is 25.9 Å². The molecule has 31 heavy (non-hydrogen) atoms. The Morgan fingerprint density at radius 1 is 1.00 bits per heavy atom. The first-order valence-corrected chi connectivity index (χ1v) is 10.2. The summed E-state index contributed by atoms with van der Waals surface area (Å²) in [6.45, 7) is 4.11. The van der Waals surface area contributed by atoms with Crippen LogP contribution >= 0.6 is 0 Å². The third kappa shape index (κ3) is 5.61. The van der Waals surface area contributed by atoms with Crippen molar-refractivity contribution < 1.29 is 14.3 Å². The van der Waals surface area contributed by atoms with Gasteiger partial charge in [0.2, 0.25) is 5.91 Å². The van der Waals surface area contributed by atoms with Gasteiger partial charge in [-0.25, -0.2) is 0 Å². The van der Waals surface area contributed by atoms with Gasteiger partial charge in [-0.2, -0.15) is 0 Å². The van der Waals surface area contributed by atoms with Crippen LogP contribution in [-0.4, -0.2) is 31.7 Å². The predicted octanol–water partition coefficient (Wildman–Crippen LogP) is 3.96. The van der Waals surface area contributed by atoms with Crippen molar-refractivity contribution in [1.29, 1.82) is 0 Å². The lowest BCUT2D eigenvalue weighted by Gasteiger charge is -2.21. The smallest absolute Gasteiger partial charge is 0.234 e. The average molecular weight is 420 g/mol. The first-order chi connectivity index (χ1) is 15.0. The topological polar surface area (TPSA) is 72.5 Å². The van der Waals surface area contributed by atoms with Crippen LogP contribution in [0.15, 0.2) is 66.9 Å². The molecular formula is C25H29N3O3. The van der Waals surface area contributed by atoms with Crippen molar-refractivity contribution in [1.82, 2.24) is 15.6 Å². The molecule has 0 bridgehead atoms. The second kappa shape index (κ2) is 10.6. The van der Waals surface area contributed by atoms with E-state index in [1.165, 1.54) is 0 Å². The number of amides is 1. The van der Waals surface area contributed by atoms with E-state index in [2.05, 4.69) is 15.6 Å². The molecule has 2 unspecified atom stereocenters. The van der Waals surface area contributed by atoms with Crippen LogP contribution in [0.3, 0.4) is 0 Å². The highest BCUT2D eigenvalue weighted by Gasteiger charge is 2.19. The van der Waals surface area contributed by atoms with Gasteiger partial charge < -0.3 is 14.8 Å². The third-order valence-electron chi connectivity index (χ3n) is 5.20. The molecule has 0 aliphatic rings. The number of hydrogen-bond donors (Lipinski definition) is 2. The van der Waals surface area contributed by atoms with Gasteiger partial charge in [-0.3, -0.25) is 15.1 Å². The molecule has 0 radical (unpaired) electrons. The second-order valence-electron chi connectivity index (χ2n) is 7.33. The summed E-state index contributed by atoms with van der Waals surface area (Å²) in [5.74, 6) is 1.21. The van der Waals surface area contributed by atoms with Crippen LogP contribution in [0.4, 0.5) is 0 Å². The Morgan fingerprint density at radius 2 is 1.68 bits per heavy atom. The van der Waals surface area contributed by atoms with Gasteiger partial charge >= 0.3 is 0 Å². The number of carbonyl (C=O) groups is 1. The number of nitrogens with one attached hydrogen (secondary N) is 2. The van der Waals surface area contributed by atoms with E-state index in [0.717, 1.165) is 22.4 Å². The number of methoxy groups -OCH3 is 2. The maximum Gasteiger partial charge on any atom is 0.234 e. The summed E-state index contributed by atoms with van der Waals surface area (Å²) in [7, 11) is 3.21. The fourth-order valence-corrected chi connectivity index (χ4v) is 3.61. The largest absolute Gasteiger partial charge is 0.493 e. The number of pyridine rings is 1.